The van der Waals surface area contributed by atoms with Gasteiger partial charge in [-0.05, 0) is 42.5 Å². The summed E-state index contributed by atoms with van der Waals surface area (Å²) in [5.41, 5.74) is 2.57. The Morgan fingerprint density at radius 2 is 1.96 bits per heavy atom. The van der Waals surface area contributed by atoms with Crippen LogP contribution < -0.4 is 0 Å². The molecule has 1 N–H and O–H groups in total. The van der Waals surface area contributed by atoms with Crippen molar-refractivity contribution in [2.45, 2.75) is 18.8 Å². The molecule has 1 aliphatic heterocycles. The van der Waals surface area contributed by atoms with Crippen LogP contribution >= 0.6 is 22.9 Å². The quantitative estimate of drug-likeness (QED) is 0.705. The van der Waals surface area contributed by atoms with E-state index >= 15 is 0 Å². The number of thiophene rings is 1. The summed E-state index contributed by atoms with van der Waals surface area (Å²) >= 11 is 7.29. The van der Waals surface area contributed by atoms with E-state index in [2.05, 4.69) is 35.4 Å². The smallest absolute Gasteiger partial charge is 0.263 e. The van der Waals surface area contributed by atoms with Gasteiger partial charge >= 0.3 is 0 Å². The number of carbonyl (C=O) groups excluding carboxylic acids is 1. The number of carbonyl (C=O) groups is 1. The predicted octanol–water partition coefficient (Wildman–Crippen LogP) is 4.90. The van der Waals surface area contributed by atoms with E-state index in [0.717, 1.165) is 30.8 Å². The second kappa shape index (κ2) is 6.02. The lowest BCUT2D eigenvalue weighted by atomic mass is 9.89. The summed E-state index contributed by atoms with van der Waals surface area (Å²) in [7, 11) is 0. The third-order valence-electron chi connectivity index (χ3n) is 4.63. The van der Waals surface area contributed by atoms with Crippen LogP contribution in [-0.4, -0.2) is 28.9 Å². The highest BCUT2D eigenvalue weighted by molar-refractivity contribution is 7.17. The highest BCUT2D eigenvalue weighted by Gasteiger charge is 2.26. The van der Waals surface area contributed by atoms with Crippen LogP contribution in [0.5, 0.6) is 0 Å². The second-order valence-corrected chi connectivity index (χ2v) is 7.67. The molecular formula is C18H17ClN2OS. The number of nitrogens with one attached hydrogen (secondary N) is 1. The van der Waals surface area contributed by atoms with E-state index in [4.69, 9.17) is 11.6 Å². The van der Waals surface area contributed by atoms with Gasteiger partial charge in [-0.25, -0.2) is 0 Å². The minimum absolute atomic E-state index is 0.110. The van der Waals surface area contributed by atoms with Crippen molar-refractivity contribution in [2.24, 2.45) is 0 Å². The predicted molar refractivity (Wildman–Crippen MR) is 95.5 cm³/mol. The van der Waals surface area contributed by atoms with Crippen LogP contribution in [0.4, 0.5) is 0 Å². The molecule has 3 nitrogen and oxygen atoms in total. The van der Waals surface area contributed by atoms with Crippen molar-refractivity contribution < 1.29 is 4.79 Å². The standard InChI is InChI=1S/C18H17ClN2OS/c19-17-6-5-16(23-17)18(22)21-9-7-12(8-10-21)14-11-20-15-4-2-1-3-13(14)15/h1-6,11-12,20H,7-10H2. The first-order valence-corrected chi connectivity index (χ1v) is 9.02. The summed E-state index contributed by atoms with van der Waals surface area (Å²) in [5.74, 6) is 0.626. The summed E-state index contributed by atoms with van der Waals surface area (Å²) in [5, 5.41) is 1.31. The van der Waals surface area contributed by atoms with Crippen LogP contribution in [0.2, 0.25) is 4.34 Å². The summed E-state index contributed by atoms with van der Waals surface area (Å²) in [6.07, 6.45) is 4.14. The maximum absolute atomic E-state index is 12.5. The molecule has 0 spiro atoms. The van der Waals surface area contributed by atoms with Crippen LogP contribution in [0.1, 0.15) is 34.0 Å². The minimum Gasteiger partial charge on any atom is -0.361 e. The number of para-hydroxylation sites is 1. The average molecular weight is 345 g/mol. The number of aromatic amines is 1. The van der Waals surface area contributed by atoms with E-state index in [1.54, 1.807) is 6.07 Å². The van der Waals surface area contributed by atoms with E-state index in [9.17, 15) is 4.79 Å². The largest absolute Gasteiger partial charge is 0.361 e. The van der Waals surface area contributed by atoms with Crippen LogP contribution in [0.3, 0.4) is 0 Å². The van der Waals surface area contributed by atoms with Crippen molar-refractivity contribution in [1.29, 1.82) is 0 Å². The van der Waals surface area contributed by atoms with Gasteiger partial charge in [0.25, 0.3) is 5.91 Å². The number of piperidine rings is 1. The molecule has 0 radical (unpaired) electrons. The lowest BCUT2D eigenvalue weighted by Gasteiger charge is -2.31. The first-order valence-electron chi connectivity index (χ1n) is 7.83. The van der Waals surface area contributed by atoms with Gasteiger partial charge in [0.1, 0.15) is 0 Å². The first-order chi connectivity index (χ1) is 11.2. The Morgan fingerprint density at radius 3 is 2.70 bits per heavy atom. The van der Waals surface area contributed by atoms with E-state index < -0.39 is 0 Å². The summed E-state index contributed by atoms with van der Waals surface area (Å²) in [4.78, 5) is 18.5. The number of hydrogen-bond donors (Lipinski definition) is 1. The number of halogens is 1. The Kier molecular flexibility index (Phi) is 3.87. The molecule has 1 saturated heterocycles. The lowest BCUT2D eigenvalue weighted by Crippen LogP contribution is -2.37. The van der Waals surface area contributed by atoms with Crippen LogP contribution in [0.25, 0.3) is 10.9 Å². The summed E-state index contributed by atoms with van der Waals surface area (Å²) < 4.78 is 0.669. The fourth-order valence-electron chi connectivity index (χ4n) is 3.41. The number of hydrogen-bond acceptors (Lipinski definition) is 2. The number of aromatic nitrogens is 1. The molecule has 0 atom stereocenters. The van der Waals surface area contributed by atoms with Gasteiger partial charge in [0, 0.05) is 30.2 Å². The van der Waals surface area contributed by atoms with Gasteiger partial charge in [-0.2, -0.15) is 0 Å². The van der Waals surface area contributed by atoms with Gasteiger partial charge in [-0.1, -0.05) is 29.8 Å². The number of amides is 1. The lowest BCUT2D eigenvalue weighted by molar-refractivity contribution is 0.0718. The molecule has 1 fully saturated rings. The van der Waals surface area contributed by atoms with Crippen LogP contribution in [-0.2, 0) is 0 Å². The fourth-order valence-corrected chi connectivity index (χ4v) is 4.42. The third-order valence-corrected chi connectivity index (χ3v) is 5.85. The zero-order valence-electron chi connectivity index (χ0n) is 12.6. The molecule has 0 unspecified atom stereocenters. The van der Waals surface area contributed by atoms with Crippen molar-refractivity contribution in [3.8, 4) is 0 Å². The van der Waals surface area contributed by atoms with Gasteiger partial charge in [0.05, 0.1) is 9.21 Å². The second-order valence-electron chi connectivity index (χ2n) is 5.96. The van der Waals surface area contributed by atoms with Gasteiger partial charge < -0.3 is 9.88 Å². The van der Waals surface area contributed by atoms with Crippen molar-refractivity contribution >= 4 is 39.7 Å². The molecule has 0 aliphatic carbocycles. The number of nitrogens with zero attached hydrogens (tertiary/aromatic N) is 1. The number of H-pyrrole nitrogens is 1. The first kappa shape index (κ1) is 14.8. The Morgan fingerprint density at radius 1 is 1.17 bits per heavy atom. The molecular weight excluding hydrogens is 328 g/mol. The van der Waals surface area contributed by atoms with Gasteiger partial charge in [0.15, 0.2) is 0 Å². The number of fused-ring (bicyclic) bond motifs is 1. The highest BCUT2D eigenvalue weighted by Crippen LogP contribution is 2.34. The van der Waals surface area contributed by atoms with Gasteiger partial charge in [-0.15, -0.1) is 11.3 Å². The number of benzene rings is 1. The summed E-state index contributed by atoms with van der Waals surface area (Å²) in [6, 6.07) is 12.0. The van der Waals surface area contributed by atoms with Crippen LogP contribution in [0, 0.1) is 0 Å². The van der Waals surface area contributed by atoms with Crippen molar-refractivity contribution in [2.75, 3.05) is 13.1 Å². The molecule has 1 amide bonds. The topological polar surface area (TPSA) is 36.1 Å². The Bertz CT molecular complexity index is 845. The Hall–Kier alpha value is -1.78. The Balaban J connectivity index is 1.48. The zero-order chi connectivity index (χ0) is 15.8. The minimum atomic E-state index is 0.110. The molecule has 0 saturated carbocycles. The number of rotatable bonds is 2. The molecule has 4 rings (SSSR count). The molecule has 3 aromatic rings. The van der Waals surface area contributed by atoms with Gasteiger partial charge in [0.2, 0.25) is 0 Å². The monoisotopic (exact) mass is 344 g/mol. The molecule has 3 heterocycles. The third kappa shape index (κ3) is 2.77. The molecule has 118 valence electrons. The number of likely N-dealkylation sites (tertiary alicyclic amines) is 1. The fraction of sp³-hybridized carbons (Fsp3) is 0.278. The highest BCUT2D eigenvalue weighted by atomic mass is 35.5. The van der Waals surface area contributed by atoms with Crippen molar-refractivity contribution in [3.05, 3.63) is 57.4 Å². The Labute approximate surface area is 143 Å². The maximum Gasteiger partial charge on any atom is 0.263 e. The zero-order valence-corrected chi connectivity index (χ0v) is 14.2. The molecule has 1 aromatic carbocycles. The molecule has 23 heavy (non-hydrogen) atoms. The van der Waals surface area contributed by atoms with Crippen LogP contribution in [0.15, 0.2) is 42.6 Å². The maximum atomic E-state index is 12.5. The van der Waals surface area contributed by atoms with Crippen molar-refractivity contribution in [3.63, 3.8) is 0 Å². The average Bonchev–Trinajstić information content (AvgIpc) is 3.21. The van der Waals surface area contributed by atoms with Crippen molar-refractivity contribution in [1.82, 2.24) is 9.88 Å². The molecule has 2 aromatic heterocycles. The van der Waals surface area contributed by atoms with E-state index in [1.807, 2.05) is 11.0 Å². The van der Waals surface area contributed by atoms with E-state index in [1.165, 1.54) is 27.8 Å². The SMILES string of the molecule is O=C(c1ccc(Cl)s1)N1CCC(c2c[nH]c3ccccc23)CC1. The van der Waals surface area contributed by atoms with E-state index in [0.29, 0.717) is 10.3 Å². The molecule has 1 aliphatic rings. The molecule has 5 heteroatoms. The van der Waals surface area contributed by atoms with Gasteiger partial charge in [-0.3, -0.25) is 4.79 Å². The normalized spacial score (nSPS) is 16.1. The molecule has 0 bridgehead atoms. The summed E-state index contributed by atoms with van der Waals surface area (Å²) in [6.45, 7) is 1.61. The van der Waals surface area contributed by atoms with E-state index in [-0.39, 0.29) is 5.91 Å².